The maximum atomic E-state index is 13.2. The Morgan fingerprint density at radius 3 is 2.61 bits per heavy atom. The first kappa shape index (κ1) is 21.3. The maximum Gasteiger partial charge on any atom is 0.226 e. The fourth-order valence-electron chi connectivity index (χ4n) is 4.68. The first-order valence-corrected chi connectivity index (χ1v) is 11.2. The number of hydrogen-bond donors (Lipinski definition) is 1. The van der Waals surface area contributed by atoms with E-state index in [1.807, 2.05) is 29.3 Å². The summed E-state index contributed by atoms with van der Waals surface area (Å²) in [6, 6.07) is 12.3. The highest BCUT2D eigenvalue weighted by atomic mass is 16.2. The first-order valence-electron chi connectivity index (χ1n) is 11.2. The molecule has 2 atom stereocenters. The molecule has 0 spiro atoms. The zero-order valence-corrected chi connectivity index (χ0v) is 18.2. The first-order chi connectivity index (χ1) is 15.0. The average Bonchev–Trinajstić information content (AvgIpc) is 3.54. The number of amides is 2. The number of piperidine rings is 1. The minimum atomic E-state index is -0.511. The van der Waals surface area contributed by atoms with Crippen molar-refractivity contribution in [3.8, 4) is 11.1 Å². The number of carbonyl (C=O) groups excluding carboxylic acids is 2. The molecule has 1 aliphatic heterocycles. The van der Waals surface area contributed by atoms with Crippen molar-refractivity contribution in [1.29, 1.82) is 0 Å². The number of nitrogens with one attached hydrogen (secondary N) is 1. The van der Waals surface area contributed by atoms with Gasteiger partial charge < -0.3 is 10.2 Å². The van der Waals surface area contributed by atoms with E-state index in [1.165, 1.54) is 0 Å². The topological polar surface area (TPSA) is 62.3 Å². The Hall–Kier alpha value is -2.95. The van der Waals surface area contributed by atoms with Crippen LogP contribution in [0.3, 0.4) is 0 Å². The van der Waals surface area contributed by atoms with Crippen LogP contribution in [0.1, 0.15) is 31.7 Å². The predicted octanol–water partition coefficient (Wildman–Crippen LogP) is 3.86. The van der Waals surface area contributed by atoms with Crippen LogP contribution in [0.2, 0.25) is 0 Å². The third kappa shape index (κ3) is 4.71. The van der Waals surface area contributed by atoms with Gasteiger partial charge in [-0.15, -0.1) is 6.58 Å². The normalized spacial score (nSPS) is 21.9. The van der Waals surface area contributed by atoms with Crippen molar-refractivity contribution in [2.45, 2.75) is 32.6 Å². The predicted molar refractivity (Wildman–Crippen MR) is 122 cm³/mol. The summed E-state index contributed by atoms with van der Waals surface area (Å²) >= 11 is 0. The van der Waals surface area contributed by atoms with Crippen LogP contribution in [0.25, 0.3) is 11.1 Å². The largest absolute Gasteiger partial charge is 0.352 e. The Kier molecular flexibility index (Phi) is 6.21. The lowest BCUT2D eigenvalue weighted by Gasteiger charge is -2.41. The molecule has 0 bridgehead atoms. The van der Waals surface area contributed by atoms with E-state index in [1.54, 1.807) is 12.3 Å². The second-order valence-electron chi connectivity index (χ2n) is 9.04. The lowest BCUT2D eigenvalue weighted by atomic mass is 9.72. The van der Waals surface area contributed by atoms with Crippen LogP contribution >= 0.6 is 0 Å². The van der Waals surface area contributed by atoms with Gasteiger partial charge >= 0.3 is 0 Å². The molecule has 1 aliphatic carbocycles. The van der Waals surface area contributed by atoms with E-state index >= 15 is 0 Å². The molecule has 1 aromatic carbocycles. The summed E-state index contributed by atoms with van der Waals surface area (Å²) in [5.41, 5.74) is 2.78. The van der Waals surface area contributed by atoms with Gasteiger partial charge in [-0.05, 0) is 54.4 Å². The van der Waals surface area contributed by atoms with E-state index in [4.69, 9.17) is 0 Å². The lowest BCUT2D eigenvalue weighted by Crippen LogP contribution is -2.51. The van der Waals surface area contributed by atoms with Crippen molar-refractivity contribution in [1.82, 2.24) is 15.2 Å². The minimum absolute atomic E-state index is 0.0612. The third-order valence-electron chi connectivity index (χ3n) is 6.81. The van der Waals surface area contributed by atoms with Gasteiger partial charge in [0.25, 0.3) is 0 Å². The van der Waals surface area contributed by atoms with Gasteiger partial charge in [-0.2, -0.15) is 0 Å². The number of hydrogen-bond acceptors (Lipinski definition) is 3. The monoisotopic (exact) mass is 417 g/mol. The Bertz CT molecular complexity index is 948. The third-order valence-corrected chi connectivity index (χ3v) is 6.81. The van der Waals surface area contributed by atoms with Gasteiger partial charge in [0.2, 0.25) is 11.8 Å². The van der Waals surface area contributed by atoms with Crippen molar-refractivity contribution >= 4 is 11.8 Å². The number of likely N-dealkylation sites (tertiary alicyclic amines) is 1. The number of rotatable bonds is 7. The molecule has 1 N–H and O–H groups in total. The average molecular weight is 418 g/mol. The van der Waals surface area contributed by atoms with Crippen LogP contribution in [0.4, 0.5) is 0 Å². The summed E-state index contributed by atoms with van der Waals surface area (Å²) in [6.07, 6.45) is 8.35. The standard InChI is InChI=1S/C26H31N3O2/c1-3-11-28-25(31)26(9-13-29(14-10-26)24(30)23-15-19(23)2)17-20-6-4-7-21(16-20)22-8-5-12-27-18-22/h3-8,12,16,18-19,23H,1,9-11,13-15,17H2,2H3,(H,28,31)/t19-,23-/m0/s1. The van der Waals surface area contributed by atoms with Crippen LogP contribution in [0, 0.1) is 17.3 Å². The summed E-state index contributed by atoms with van der Waals surface area (Å²) in [5, 5.41) is 3.03. The summed E-state index contributed by atoms with van der Waals surface area (Å²) in [6.45, 7) is 7.60. The number of carbonyl (C=O) groups is 2. The number of benzene rings is 1. The minimum Gasteiger partial charge on any atom is -0.352 e. The Morgan fingerprint density at radius 2 is 1.97 bits per heavy atom. The fraction of sp³-hybridized carbons (Fsp3) is 0.423. The van der Waals surface area contributed by atoms with E-state index in [9.17, 15) is 9.59 Å². The van der Waals surface area contributed by atoms with E-state index in [2.05, 4.69) is 42.0 Å². The maximum absolute atomic E-state index is 13.2. The molecule has 0 radical (unpaired) electrons. The van der Waals surface area contributed by atoms with Crippen LogP contribution < -0.4 is 5.32 Å². The highest BCUT2D eigenvalue weighted by Crippen LogP contribution is 2.42. The molecule has 1 saturated heterocycles. The molecule has 2 aromatic rings. The van der Waals surface area contributed by atoms with Crippen LogP contribution in [-0.4, -0.2) is 41.3 Å². The van der Waals surface area contributed by atoms with Crippen LogP contribution in [0.5, 0.6) is 0 Å². The Balaban J connectivity index is 1.53. The van der Waals surface area contributed by atoms with Crippen molar-refractivity contribution < 1.29 is 9.59 Å². The molecule has 31 heavy (non-hydrogen) atoms. The zero-order chi connectivity index (χ0) is 21.8. The van der Waals surface area contributed by atoms with Crippen LogP contribution in [0.15, 0.2) is 61.4 Å². The zero-order valence-electron chi connectivity index (χ0n) is 18.2. The molecule has 2 aliphatic rings. The van der Waals surface area contributed by atoms with Crippen molar-refractivity contribution in [3.05, 3.63) is 67.0 Å². The van der Waals surface area contributed by atoms with Crippen molar-refractivity contribution in [2.75, 3.05) is 19.6 Å². The Labute approximate surface area is 184 Å². The van der Waals surface area contributed by atoms with Gasteiger partial charge in [-0.3, -0.25) is 14.6 Å². The number of pyridine rings is 1. The van der Waals surface area contributed by atoms with E-state index in [0.717, 1.165) is 23.1 Å². The molecule has 2 fully saturated rings. The highest BCUT2D eigenvalue weighted by molar-refractivity contribution is 5.85. The van der Waals surface area contributed by atoms with Gasteiger partial charge in [0, 0.05) is 37.9 Å². The van der Waals surface area contributed by atoms with Gasteiger partial charge in [0.05, 0.1) is 5.41 Å². The molecule has 4 rings (SSSR count). The second kappa shape index (κ2) is 9.04. The number of aromatic nitrogens is 1. The van der Waals surface area contributed by atoms with Gasteiger partial charge in [-0.1, -0.05) is 43.3 Å². The van der Waals surface area contributed by atoms with Gasteiger partial charge in [0.1, 0.15) is 0 Å². The SMILES string of the molecule is C=CCNC(=O)C1(Cc2cccc(-c3cccnc3)c2)CCN(C(=O)[C@H]2C[C@@H]2C)CC1. The molecule has 1 aromatic heterocycles. The van der Waals surface area contributed by atoms with E-state index in [-0.39, 0.29) is 17.7 Å². The summed E-state index contributed by atoms with van der Waals surface area (Å²) in [5.74, 6) is 1.03. The molecular formula is C26H31N3O2. The summed E-state index contributed by atoms with van der Waals surface area (Å²) < 4.78 is 0. The quantitative estimate of drug-likeness (QED) is 0.696. The van der Waals surface area contributed by atoms with E-state index < -0.39 is 5.41 Å². The van der Waals surface area contributed by atoms with Crippen LogP contribution in [-0.2, 0) is 16.0 Å². The van der Waals surface area contributed by atoms with E-state index in [0.29, 0.717) is 44.8 Å². The molecule has 5 nitrogen and oxygen atoms in total. The lowest BCUT2D eigenvalue weighted by molar-refractivity contribution is -0.141. The summed E-state index contributed by atoms with van der Waals surface area (Å²) in [7, 11) is 0. The molecule has 162 valence electrons. The fourth-order valence-corrected chi connectivity index (χ4v) is 4.68. The van der Waals surface area contributed by atoms with Gasteiger partial charge in [-0.25, -0.2) is 0 Å². The van der Waals surface area contributed by atoms with Crippen molar-refractivity contribution in [3.63, 3.8) is 0 Å². The molecule has 5 heteroatoms. The smallest absolute Gasteiger partial charge is 0.226 e. The summed E-state index contributed by atoms with van der Waals surface area (Å²) in [4.78, 5) is 32.1. The number of nitrogens with zero attached hydrogens (tertiary/aromatic N) is 2. The molecular weight excluding hydrogens is 386 g/mol. The molecule has 2 amide bonds. The molecule has 2 heterocycles. The molecule has 1 saturated carbocycles. The Morgan fingerprint density at radius 1 is 1.23 bits per heavy atom. The van der Waals surface area contributed by atoms with Gasteiger partial charge in [0.15, 0.2) is 0 Å². The second-order valence-corrected chi connectivity index (χ2v) is 9.04. The van der Waals surface area contributed by atoms with Crippen molar-refractivity contribution in [2.24, 2.45) is 17.3 Å². The molecule has 0 unspecified atom stereocenters. The highest BCUT2D eigenvalue weighted by Gasteiger charge is 2.46.